The molecule has 7 heteroatoms. The maximum absolute atomic E-state index is 12.7. The van der Waals surface area contributed by atoms with Crippen molar-refractivity contribution in [3.63, 3.8) is 0 Å². The van der Waals surface area contributed by atoms with Crippen LogP contribution in [0.1, 0.15) is 66.6 Å². The summed E-state index contributed by atoms with van der Waals surface area (Å²) in [6.07, 6.45) is 4.71. The van der Waals surface area contributed by atoms with Gasteiger partial charge in [-0.1, -0.05) is 12.8 Å². The number of aryl methyl sites for hydroxylation is 2. The van der Waals surface area contributed by atoms with Gasteiger partial charge in [0.2, 0.25) is 5.91 Å². The highest BCUT2D eigenvalue weighted by molar-refractivity contribution is 5.94. The van der Waals surface area contributed by atoms with Gasteiger partial charge in [-0.2, -0.15) is 5.10 Å². The summed E-state index contributed by atoms with van der Waals surface area (Å²) in [7, 11) is 1.89. The average molecular weight is 329 g/mol. The molecule has 24 heavy (non-hydrogen) atoms. The molecule has 0 unspecified atom stereocenters. The third-order valence-corrected chi connectivity index (χ3v) is 5.56. The molecule has 0 aromatic carbocycles. The number of nitrogens with one attached hydrogen (secondary N) is 2. The summed E-state index contributed by atoms with van der Waals surface area (Å²) in [5, 5.41) is 10.4. The number of anilines is 1. The number of hydrogen-bond donors (Lipinski definition) is 2. The third-order valence-electron chi connectivity index (χ3n) is 5.56. The summed E-state index contributed by atoms with van der Waals surface area (Å²) in [5.74, 6) is 0.394. The summed E-state index contributed by atoms with van der Waals surface area (Å²) in [4.78, 5) is 25.1. The minimum absolute atomic E-state index is 0.0408. The standard InChI is InChI=1S/C17H23N5O2/c1-9-14(10(2)21(3)19-9)12-8-13(23)18-16-15(12)17(24)20-22(16)11-6-4-5-7-11/h11-12H,4-8H2,1-3H3,(H,18,23)(H,20,24)/t12-/m0/s1. The van der Waals surface area contributed by atoms with Crippen molar-refractivity contribution in [2.45, 2.75) is 57.9 Å². The Hall–Kier alpha value is -2.31. The van der Waals surface area contributed by atoms with Gasteiger partial charge in [0.25, 0.3) is 5.56 Å². The number of hydrogen-bond acceptors (Lipinski definition) is 3. The second-order valence-electron chi connectivity index (χ2n) is 7.02. The van der Waals surface area contributed by atoms with Crippen LogP contribution in [0, 0.1) is 13.8 Å². The molecule has 2 aliphatic rings. The number of H-pyrrole nitrogens is 1. The molecule has 2 N–H and O–H groups in total. The van der Waals surface area contributed by atoms with Gasteiger partial charge in [-0.05, 0) is 26.7 Å². The van der Waals surface area contributed by atoms with E-state index in [0.717, 1.165) is 42.6 Å². The largest absolute Gasteiger partial charge is 0.311 e. The number of carbonyl (C=O) groups excluding carboxylic acids is 1. The first-order valence-corrected chi connectivity index (χ1v) is 8.61. The molecule has 1 saturated carbocycles. The highest BCUT2D eigenvalue weighted by Gasteiger charge is 2.36. The number of carbonyl (C=O) groups is 1. The summed E-state index contributed by atoms with van der Waals surface area (Å²) >= 11 is 0. The lowest BCUT2D eigenvalue weighted by Crippen LogP contribution is -2.27. The van der Waals surface area contributed by atoms with Crippen molar-refractivity contribution >= 4 is 11.7 Å². The molecule has 1 amide bonds. The van der Waals surface area contributed by atoms with Crippen LogP contribution in [0.3, 0.4) is 0 Å². The Morgan fingerprint density at radius 2 is 1.83 bits per heavy atom. The predicted octanol–water partition coefficient (Wildman–Crippen LogP) is 2.12. The van der Waals surface area contributed by atoms with Gasteiger partial charge in [-0.25, -0.2) is 0 Å². The molecular formula is C17H23N5O2. The van der Waals surface area contributed by atoms with E-state index in [1.807, 2.05) is 30.3 Å². The quantitative estimate of drug-likeness (QED) is 0.885. The van der Waals surface area contributed by atoms with E-state index in [1.54, 1.807) is 0 Å². The van der Waals surface area contributed by atoms with Gasteiger partial charge in [-0.3, -0.25) is 24.1 Å². The molecule has 3 heterocycles. The monoisotopic (exact) mass is 329 g/mol. The summed E-state index contributed by atoms with van der Waals surface area (Å²) in [6.45, 7) is 3.93. The fourth-order valence-electron chi connectivity index (χ4n) is 4.36. The van der Waals surface area contributed by atoms with Crippen molar-refractivity contribution in [2.75, 3.05) is 5.32 Å². The SMILES string of the molecule is Cc1nn(C)c(C)c1[C@@H]1CC(=O)Nc2c1c(=O)[nH]n2C1CCCC1. The van der Waals surface area contributed by atoms with Crippen LogP contribution in [0.15, 0.2) is 4.79 Å². The molecule has 2 aromatic rings. The highest BCUT2D eigenvalue weighted by Crippen LogP contribution is 2.40. The molecule has 7 nitrogen and oxygen atoms in total. The number of fused-ring (bicyclic) bond motifs is 1. The molecule has 0 bridgehead atoms. The number of aromatic nitrogens is 4. The van der Waals surface area contributed by atoms with E-state index in [1.165, 1.54) is 0 Å². The molecule has 1 aliphatic heterocycles. The lowest BCUT2D eigenvalue weighted by molar-refractivity contribution is -0.116. The van der Waals surface area contributed by atoms with Crippen molar-refractivity contribution < 1.29 is 4.79 Å². The van der Waals surface area contributed by atoms with Crippen molar-refractivity contribution in [3.05, 3.63) is 32.9 Å². The zero-order valence-electron chi connectivity index (χ0n) is 14.3. The van der Waals surface area contributed by atoms with Crippen LogP contribution in [0.4, 0.5) is 5.82 Å². The molecule has 1 fully saturated rings. The van der Waals surface area contributed by atoms with E-state index in [4.69, 9.17) is 0 Å². The Balaban J connectivity index is 1.88. The van der Waals surface area contributed by atoms with E-state index in [0.29, 0.717) is 11.4 Å². The van der Waals surface area contributed by atoms with E-state index in [9.17, 15) is 9.59 Å². The topological polar surface area (TPSA) is 84.7 Å². The molecule has 1 aliphatic carbocycles. The summed E-state index contributed by atoms with van der Waals surface area (Å²) < 4.78 is 3.72. The smallest absolute Gasteiger partial charge is 0.270 e. The predicted molar refractivity (Wildman–Crippen MR) is 90.3 cm³/mol. The Kier molecular flexibility index (Phi) is 3.40. The number of aromatic amines is 1. The molecule has 4 rings (SSSR count). The number of amides is 1. The average Bonchev–Trinajstić information content (AvgIpc) is 3.20. The van der Waals surface area contributed by atoms with Crippen LogP contribution in [0.5, 0.6) is 0 Å². The molecule has 0 saturated heterocycles. The second kappa shape index (κ2) is 5.36. The Morgan fingerprint density at radius 1 is 1.12 bits per heavy atom. The van der Waals surface area contributed by atoms with Crippen LogP contribution in [0.25, 0.3) is 0 Å². The summed E-state index contributed by atoms with van der Waals surface area (Å²) in [5.41, 5.74) is 3.48. The maximum Gasteiger partial charge on any atom is 0.270 e. The van der Waals surface area contributed by atoms with Crippen molar-refractivity contribution in [2.24, 2.45) is 7.05 Å². The fourth-order valence-corrected chi connectivity index (χ4v) is 4.36. The molecule has 0 spiro atoms. The van der Waals surface area contributed by atoms with Gasteiger partial charge in [0.15, 0.2) is 0 Å². The van der Waals surface area contributed by atoms with Crippen LogP contribution in [-0.4, -0.2) is 25.5 Å². The van der Waals surface area contributed by atoms with Crippen LogP contribution in [-0.2, 0) is 11.8 Å². The lowest BCUT2D eigenvalue weighted by Gasteiger charge is -2.25. The zero-order valence-corrected chi connectivity index (χ0v) is 14.3. The van der Waals surface area contributed by atoms with Crippen LogP contribution < -0.4 is 10.9 Å². The zero-order chi connectivity index (χ0) is 17.0. The Morgan fingerprint density at radius 3 is 2.46 bits per heavy atom. The van der Waals surface area contributed by atoms with Crippen molar-refractivity contribution in [1.29, 1.82) is 0 Å². The van der Waals surface area contributed by atoms with Gasteiger partial charge in [0.05, 0.1) is 17.3 Å². The van der Waals surface area contributed by atoms with E-state index < -0.39 is 0 Å². The fraction of sp³-hybridized carbons (Fsp3) is 0.588. The van der Waals surface area contributed by atoms with Crippen molar-refractivity contribution in [1.82, 2.24) is 19.6 Å². The van der Waals surface area contributed by atoms with Crippen LogP contribution in [0.2, 0.25) is 0 Å². The summed E-state index contributed by atoms with van der Waals surface area (Å²) in [6, 6.07) is 0.275. The first-order chi connectivity index (χ1) is 11.5. The van der Waals surface area contributed by atoms with E-state index in [-0.39, 0.29) is 29.8 Å². The van der Waals surface area contributed by atoms with Gasteiger partial charge < -0.3 is 5.32 Å². The van der Waals surface area contributed by atoms with Gasteiger partial charge in [0, 0.05) is 30.6 Å². The lowest BCUT2D eigenvalue weighted by atomic mass is 9.86. The van der Waals surface area contributed by atoms with Gasteiger partial charge in [0.1, 0.15) is 5.82 Å². The van der Waals surface area contributed by atoms with E-state index in [2.05, 4.69) is 15.5 Å². The number of nitrogens with zero attached hydrogens (tertiary/aromatic N) is 3. The normalized spacial score (nSPS) is 21.1. The third kappa shape index (κ3) is 2.14. The molecular weight excluding hydrogens is 306 g/mol. The second-order valence-corrected chi connectivity index (χ2v) is 7.02. The Labute approximate surface area is 140 Å². The van der Waals surface area contributed by atoms with E-state index >= 15 is 0 Å². The number of rotatable bonds is 2. The molecule has 2 aromatic heterocycles. The molecule has 128 valence electrons. The van der Waals surface area contributed by atoms with Crippen molar-refractivity contribution in [3.8, 4) is 0 Å². The maximum atomic E-state index is 12.7. The van der Waals surface area contributed by atoms with Crippen LogP contribution >= 0.6 is 0 Å². The minimum Gasteiger partial charge on any atom is -0.311 e. The van der Waals surface area contributed by atoms with Gasteiger partial charge >= 0.3 is 0 Å². The minimum atomic E-state index is -0.228. The molecule has 0 radical (unpaired) electrons. The highest BCUT2D eigenvalue weighted by atomic mass is 16.2. The Bertz CT molecular complexity index is 866. The first kappa shape index (κ1) is 15.2. The first-order valence-electron chi connectivity index (χ1n) is 8.61. The molecule has 1 atom stereocenters. The van der Waals surface area contributed by atoms with Gasteiger partial charge in [-0.15, -0.1) is 0 Å².